The minimum Gasteiger partial charge on any atom is -0.493 e. The molecule has 0 saturated heterocycles. The first-order valence-corrected chi connectivity index (χ1v) is 6.92. The lowest BCUT2D eigenvalue weighted by atomic mass is 9.83. The minimum absolute atomic E-state index is 0.194. The maximum absolute atomic E-state index is 6.36. The lowest BCUT2D eigenvalue weighted by molar-refractivity contribution is 0.322. The van der Waals surface area contributed by atoms with Crippen LogP contribution in [0.15, 0.2) is 16.6 Å². The summed E-state index contributed by atoms with van der Waals surface area (Å²) in [5.74, 6) is 1.50. The summed E-state index contributed by atoms with van der Waals surface area (Å²) in [6.07, 6.45) is 1.86. The lowest BCUT2D eigenvalue weighted by Gasteiger charge is -2.30. The SMILES string of the molecule is CC(C)C(C)(N)Cc1cc(Br)cc2c1OCC2. The van der Waals surface area contributed by atoms with E-state index in [1.54, 1.807) is 0 Å². The van der Waals surface area contributed by atoms with E-state index in [0.29, 0.717) is 5.92 Å². The van der Waals surface area contributed by atoms with Gasteiger partial charge in [0.1, 0.15) is 5.75 Å². The van der Waals surface area contributed by atoms with Gasteiger partial charge < -0.3 is 10.5 Å². The molecule has 1 atom stereocenters. The fraction of sp³-hybridized carbons (Fsp3) is 0.571. The summed E-state index contributed by atoms with van der Waals surface area (Å²) in [5.41, 5.74) is 8.70. The Bertz CT molecular complexity index is 426. The molecule has 1 aliphatic rings. The second-order valence-electron chi connectivity index (χ2n) is 5.49. The normalized spacial score (nSPS) is 17.8. The van der Waals surface area contributed by atoms with Crippen molar-refractivity contribution in [1.29, 1.82) is 0 Å². The fourth-order valence-electron chi connectivity index (χ4n) is 2.09. The van der Waals surface area contributed by atoms with Crippen molar-refractivity contribution < 1.29 is 4.74 Å². The molecule has 0 bridgehead atoms. The van der Waals surface area contributed by atoms with Gasteiger partial charge in [-0.05, 0) is 42.5 Å². The summed E-state index contributed by atoms with van der Waals surface area (Å²) < 4.78 is 6.86. The Hall–Kier alpha value is -0.540. The van der Waals surface area contributed by atoms with Crippen LogP contribution in [0.5, 0.6) is 5.75 Å². The molecule has 1 aliphatic heterocycles. The molecule has 1 aromatic rings. The summed E-state index contributed by atoms with van der Waals surface area (Å²) >= 11 is 3.56. The van der Waals surface area contributed by atoms with Gasteiger partial charge >= 0.3 is 0 Å². The summed E-state index contributed by atoms with van der Waals surface area (Å²) in [4.78, 5) is 0. The lowest BCUT2D eigenvalue weighted by Crippen LogP contribution is -2.43. The number of hydrogen-bond donors (Lipinski definition) is 1. The maximum atomic E-state index is 6.36. The van der Waals surface area contributed by atoms with Crippen LogP contribution in [-0.2, 0) is 12.8 Å². The minimum atomic E-state index is -0.194. The van der Waals surface area contributed by atoms with E-state index in [1.165, 1.54) is 11.1 Å². The van der Waals surface area contributed by atoms with Gasteiger partial charge in [0.05, 0.1) is 6.61 Å². The van der Waals surface area contributed by atoms with Gasteiger partial charge in [-0.2, -0.15) is 0 Å². The van der Waals surface area contributed by atoms with E-state index in [-0.39, 0.29) is 5.54 Å². The van der Waals surface area contributed by atoms with Gasteiger partial charge in [0.15, 0.2) is 0 Å². The molecule has 0 saturated carbocycles. The van der Waals surface area contributed by atoms with Gasteiger partial charge in [-0.1, -0.05) is 29.8 Å². The first-order valence-electron chi connectivity index (χ1n) is 6.13. The Balaban J connectivity index is 2.33. The Morgan fingerprint density at radius 3 is 2.82 bits per heavy atom. The van der Waals surface area contributed by atoms with E-state index in [1.807, 2.05) is 0 Å². The molecule has 2 rings (SSSR count). The number of benzene rings is 1. The van der Waals surface area contributed by atoms with Crippen molar-refractivity contribution in [1.82, 2.24) is 0 Å². The Morgan fingerprint density at radius 1 is 1.47 bits per heavy atom. The standard InChI is InChI=1S/C14H20BrNO/c1-9(2)14(3,16)8-11-7-12(15)6-10-4-5-17-13(10)11/h6-7,9H,4-5,8,16H2,1-3H3. The van der Waals surface area contributed by atoms with Crippen LogP contribution in [0.4, 0.5) is 0 Å². The van der Waals surface area contributed by atoms with E-state index in [2.05, 4.69) is 48.8 Å². The molecule has 0 aliphatic carbocycles. The summed E-state index contributed by atoms with van der Waals surface area (Å²) in [7, 11) is 0. The van der Waals surface area contributed by atoms with Crippen LogP contribution in [0.25, 0.3) is 0 Å². The highest BCUT2D eigenvalue weighted by Gasteiger charge is 2.27. The first kappa shape index (κ1) is 12.9. The molecule has 1 heterocycles. The van der Waals surface area contributed by atoms with Crippen molar-refractivity contribution in [2.45, 2.75) is 39.2 Å². The zero-order valence-electron chi connectivity index (χ0n) is 10.7. The van der Waals surface area contributed by atoms with Crippen molar-refractivity contribution in [3.05, 3.63) is 27.7 Å². The molecule has 94 valence electrons. The van der Waals surface area contributed by atoms with E-state index >= 15 is 0 Å². The average molecular weight is 298 g/mol. The third-order valence-corrected chi connectivity index (χ3v) is 4.17. The highest BCUT2D eigenvalue weighted by Crippen LogP contribution is 2.35. The molecule has 2 nitrogen and oxygen atoms in total. The largest absolute Gasteiger partial charge is 0.493 e. The van der Waals surface area contributed by atoms with Crippen LogP contribution in [0, 0.1) is 5.92 Å². The topological polar surface area (TPSA) is 35.2 Å². The quantitative estimate of drug-likeness (QED) is 0.929. The van der Waals surface area contributed by atoms with E-state index in [4.69, 9.17) is 10.5 Å². The summed E-state index contributed by atoms with van der Waals surface area (Å²) in [6, 6.07) is 4.28. The maximum Gasteiger partial charge on any atom is 0.125 e. The first-order chi connectivity index (χ1) is 7.90. The zero-order valence-corrected chi connectivity index (χ0v) is 12.3. The number of ether oxygens (including phenoxy) is 1. The molecule has 0 amide bonds. The third-order valence-electron chi connectivity index (χ3n) is 3.72. The van der Waals surface area contributed by atoms with Crippen molar-refractivity contribution in [3.8, 4) is 5.75 Å². The molecular formula is C14H20BrNO. The Morgan fingerprint density at radius 2 is 2.18 bits per heavy atom. The van der Waals surface area contributed by atoms with Crippen LogP contribution in [0.1, 0.15) is 31.9 Å². The van der Waals surface area contributed by atoms with Crippen LogP contribution in [0.2, 0.25) is 0 Å². The smallest absolute Gasteiger partial charge is 0.125 e. The van der Waals surface area contributed by atoms with Crippen molar-refractivity contribution in [3.63, 3.8) is 0 Å². The van der Waals surface area contributed by atoms with Crippen molar-refractivity contribution >= 4 is 15.9 Å². The zero-order chi connectivity index (χ0) is 12.6. The molecule has 0 radical (unpaired) electrons. The van der Waals surface area contributed by atoms with Crippen LogP contribution < -0.4 is 10.5 Å². The van der Waals surface area contributed by atoms with Gasteiger partial charge in [0, 0.05) is 16.4 Å². The molecule has 3 heteroatoms. The average Bonchev–Trinajstić information content (AvgIpc) is 2.64. The second kappa shape index (κ2) is 4.62. The number of hydrogen-bond acceptors (Lipinski definition) is 2. The van der Waals surface area contributed by atoms with Crippen molar-refractivity contribution in [2.75, 3.05) is 6.61 Å². The second-order valence-corrected chi connectivity index (χ2v) is 6.40. The van der Waals surface area contributed by atoms with E-state index in [9.17, 15) is 0 Å². The molecule has 0 aromatic heterocycles. The number of fused-ring (bicyclic) bond motifs is 1. The molecule has 1 unspecified atom stereocenters. The number of halogens is 1. The predicted octanol–water partition coefficient (Wildman–Crippen LogP) is 3.30. The molecule has 1 aromatic carbocycles. The molecular weight excluding hydrogens is 278 g/mol. The Kier molecular flexibility index (Phi) is 3.50. The van der Waals surface area contributed by atoms with Crippen LogP contribution in [-0.4, -0.2) is 12.1 Å². The fourth-order valence-corrected chi connectivity index (χ4v) is 2.64. The predicted molar refractivity (Wildman–Crippen MR) is 74.5 cm³/mol. The number of rotatable bonds is 3. The molecule has 0 spiro atoms. The van der Waals surface area contributed by atoms with Gasteiger partial charge in [0.2, 0.25) is 0 Å². The summed E-state index contributed by atoms with van der Waals surface area (Å²) in [6.45, 7) is 7.24. The van der Waals surface area contributed by atoms with E-state index in [0.717, 1.165) is 29.7 Å². The van der Waals surface area contributed by atoms with Crippen LogP contribution >= 0.6 is 15.9 Å². The number of nitrogens with two attached hydrogens (primary N) is 1. The third kappa shape index (κ3) is 2.66. The highest BCUT2D eigenvalue weighted by atomic mass is 79.9. The monoisotopic (exact) mass is 297 g/mol. The van der Waals surface area contributed by atoms with Crippen molar-refractivity contribution in [2.24, 2.45) is 11.7 Å². The van der Waals surface area contributed by atoms with Gasteiger partial charge in [-0.25, -0.2) is 0 Å². The summed E-state index contributed by atoms with van der Waals surface area (Å²) in [5, 5.41) is 0. The van der Waals surface area contributed by atoms with Gasteiger partial charge in [-0.15, -0.1) is 0 Å². The Labute approximate surface area is 112 Å². The van der Waals surface area contributed by atoms with Gasteiger partial charge in [-0.3, -0.25) is 0 Å². The molecule has 0 fully saturated rings. The van der Waals surface area contributed by atoms with Crippen LogP contribution in [0.3, 0.4) is 0 Å². The highest BCUT2D eigenvalue weighted by molar-refractivity contribution is 9.10. The van der Waals surface area contributed by atoms with Gasteiger partial charge in [0.25, 0.3) is 0 Å². The molecule has 2 N–H and O–H groups in total. The molecule has 17 heavy (non-hydrogen) atoms. The van der Waals surface area contributed by atoms with E-state index < -0.39 is 0 Å².